The van der Waals surface area contributed by atoms with Crippen LogP contribution in [0.4, 0.5) is 5.13 Å². The van der Waals surface area contributed by atoms with E-state index in [0.717, 1.165) is 51.6 Å². The maximum Gasteiger partial charge on any atom is 0.338 e. The Morgan fingerprint density at radius 3 is 2.74 bits per heavy atom. The molecule has 0 spiro atoms. The Morgan fingerprint density at radius 1 is 1.23 bits per heavy atom. The van der Waals surface area contributed by atoms with E-state index in [1.54, 1.807) is 29.8 Å². The summed E-state index contributed by atoms with van der Waals surface area (Å²) in [6.07, 6.45) is 3.28. The molecule has 10 heteroatoms. The minimum Gasteiger partial charge on any atom is -0.462 e. The van der Waals surface area contributed by atoms with Crippen molar-refractivity contribution < 1.29 is 14.3 Å². The molecular formula is C25H22ClN5O3S. The number of pyridine rings is 1. The number of halogens is 1. The van der Waals surface area contributed by atoms with Crippen molar-refractivity contribution in [3.05, 3.63) is 64.1 Å². The number of hydrogen-bond acceptors (Lipinski definition) is 7. The van der Waals surface area contributed by atoms with Gasteiger partial charge in [0.15, 0.2) is 5.13 Å². The largest absolute Gasteiger partial charge is 0.462 e. The molecule has 0 aliphatic heterocycles. The molecule has 1 aliphatic rings. The molecule has 178 valence electrons. The molecule has 1 aliphatic carbocycles. The third-order valence-electron chi connectivity index (χ3n) is 5.66. The highest BCUT2D eigenvalue weighted by Gasteiger charge is 2.30. The van der Waals surface area contributed by atoms with Gasteiger partial charge in [-0.15, -0.1) is 0 Å². The first-order chi connectivity index (χ1) is 16.9. The van der Waals surface area contributed by atoms with Crippen LogP contribution in [0, 0.1) is 6.92 Å². The summed E-state index contributed by atoms with van der Waals surface area (Å²) in [4.78, 5) is 33.8. The van der Waals surface area contributed by atoms with Crippen molar-refractivity contribution in [1.29, 1.82) is 0 Å². The fourth-order valence-electron chi connectivity index (χ4n) is 4.11. The van der Waals surface area contributed by atoms with E-state index in [-0.39, 0.29) is 12.5 Å². The molecule has 0 atom stereocenters. The van der Waals surface area contributed by atoms with E-state index in [1.807, 2.05) is 25.3 Å². The zero-order valence-electron chi connectivity index (χ0n) is 19.4. The molecular weight excluding hydrogens is 486 g/mol. The molecule has 0 saturated heterocycles. The fourth-order valence-corrected chi connectivity index (χ4v) is 5.48. The number of nitrogens with zero attached hydrogens (tertiary/aromatic N) is 4. The Hall–Kier alpha value is -3.56. The van der Waals surface area contributed by atoms with Gasteiger partial charge in [0.1, 0.15) is 0 Å². The number of hydrogen-bond donors (Lipinski definition) is 1. The summed E-state index contributed by atoms with van der Waals surface area (Å²) >= 11 is 8.09. The van der Waals surface area contributed by atoms with Gasteiger partial charge in [0.2, 0.25) is 5.91 Å². The number of aromatic nitrogens is 4. The maximum absolute atomic E-state index is 12.2. The number of aryl methyl sites for hydroxylation is 2. The molecule has 3 heterocycles. The summed E-state index contributed by atoms with van der Waals surface area (Å²) in [5.74, 6) is -0.603. The zero-order chi connectivity index (χ0) is 24.7. The van der Waals surface area contributed by atoms with Crippen LogP contribution in [-0.4, -0.2) is 38.2 Å². The summed E-state index contributed by atoms with van der Waals surface area (Å²) in [6.45, 7) is 5.44. The number of anilines is 1. The highest BCUT2D eigenvalue weighted by Crippen LogP contribution is 2.44. The van der Waals surface area contributed by atoms with E-state index in [0.29, 0.717) is 21.4 Å². The number of benzene rings is 1. The van der Waals surface area contributed by atoms with E-state index >= 15 is 0 Å². The first-order valence-corrected chi connectivity index (χ1v) is 12.3. The standard InChI is InChI=1S/C25H22ClN5O3S/c1-4-34-24(33)15-7-10-20(18(26)11-15)31-22-17(21(30-31)16-6-5-13(2)27-12-16)8-9-19-23(22)35-25(29-19)28-14(3)32/h5-7,10-12H,4,8-9H2,1-3H3,(H,28,29,32). The van der Waals surface area contributed by atoms with E-state index in [2.05, 4.69) is 15.3 Å². The van der Waals surface area contributed by atoms with Gasteiger partial charge in [0, 0.05) is 29.9 Å². The van der Waals surface area contributed by atoms with Gasteiger partial charge in [-0.2, -0.15) is 5.10 Å². The van der Waals surface area contributed by atoms with Crippen LogP contribution < -0.4 is 5.32 Å². The summed E-state index contributed by atoms with van der Waals surface area (Å²) in [5.41, 5.74) is 6.48. The van der Waals surface area contributed by atoms with Gasteiger partial charge in [-0.3, -0.25) is 9.78 Å². The highest BCUT2D eigenvalue weighted by atomic mass is 35.5. The van der Waals surface area contributed by atoms with Crippen LogP contribution >= 0.6 is 22.9 Å². The van der Waals surface area contributed by atoms with Crippen LogP contribution in [0.5, 0.6) is 0 Å². The molecule has 1 N–H and O–H groups in total. The second kappa shape index (κ2) is 9.24. The van der Waals surface area contributed by atoms with Gasteiger partial charge in [0.25, 0.3) is 0 Å². The molecule has 0 bridgehead atoms. The molecule has 0 unspecified atom stereocenters. The first-order valence-electron chi connectivity index (χ1n) is 11.1. The highest BCUT2D eigenvalue weighted by molar-refractivity contribution is 7.19. The van der Waals surface area contributed by atoms with Gasteiger partial charge in [-0.1, -0.05) is 22.9 Å². The maximum atomic E-state index is 12.2. The molecule has 1 amide bonds. The molecule has 8 nitrogen and oxygen atoms in total. The molecule has 4 aromatic rings. The summed E-state index contributed by atoms with van der Waals surface area (Å²) in [7, 11) is 0. The average Bonchev–Trinajstić information content (AvgIpc) is 3.40. The Labute approximate surface area is 210 Å². The Morgan fingerprint density at radius 2 is 2.06 bits per heavy atom. The molecule has 0 saturated carbocycles. The van der Waals surface area contributed by atoms with Crippen LogP contribution in [0.1, 0.15) is 41.2 Å². The minimum atomic E-state index is -0.431. The van der Waals surface area contributed by atoms with E-state index in [1.165, 1.54) is 18.3 Å². The van der Waals surface area contributed by atoms with Crippen molar-refractivity contribution in [3.8, 4) is 27.5 Å². The van der Waals surface area contributed by atoms with E-state index in [9.17, 15) is 9.59 Å². The summed E-state index contributed by atoms with van der Waals surface area (Å²) < 4.78 is 6.90. The number of rotatable bonds is 5. The van der Waals surface area contributed by atoms with E-state index in [4.69, 9.17) is 21.4 Å². The molecule has 0 fully saturated rings. The second-order valence-electron chi connectivity index (χ2n) is 8.14. The Kier molecular flexibility index (Phi) is 6.12. The lowest BCUT2D eigenvalue weighted by atomic mass is 9.95. The van der Waals surface area contributed by atoms with Crippen LogP contribution in [-0.2, 0) is 22.4 Å². The molecule has 35 heavy (non-hydrogen) atoms. The zero-order valence-corrected chi connectivity index (χ0v) is 21.0. The van der Waals surface area contributed by atoms with Crippen LogP contribution in [0.25, 0.3) is 27.5 Å². The quantitative estimate of drug-likeness (QED) is 0.370. The monoisotopic (exact) mass is 507 g/mol. The lowest BCUT2D eigenvalue weighted by Crippen LogP contribution is -2.08. The lowest BCUT2D eigenvalue weighted by molar-refractivity contribution is -0.114. The number of nitrogens with one attached hydrogen (secondary N) is 1. The third-order valence-corrected chi connectivity index (χ3v) is 6.99. The number of ether oxygens (including phenoxy) is 1. The first kappa shape index (κ1) is 23.2. The van der Waals surface area contributed by atoms with Crippen LogP contribution in [0.2, 0.25) is 5.02 Å². The molecule has 1 aromatic carbocycles. The van der Waals surface area contributed by atoms with Crippen molar-refractivity contribution in [2.75, 3.05) is 11.9 Å². The Bertz CT molecular complexity index is 1460. The topological polar surface area (TPSA) is 99.0 Å². The summed E-state index contributed by atoms with van der Waals surface area (Å²) in [6, 6.07) is 9.00. The number of carbonyl (C=O) groups excluding carboxylic acids is 2. The second-order valence-corrected chi connectivity index (χ2v) is 9.54. The third kappa shape index (κ3) is 4.33. The summed E-state index contributed by atoms with van der Waals surface area (Å²) in [5, 5.41) is 8.68. The van der Waals surface area contributed by atoms with Crippen molar-refractivity contribution in [1.82, 2.24) is 19.7 Å². The number of esters is 1. The van der Waals surface area contributed by atoms with Crippen molar-refractivity contribution in [3.63, 3.8) is 0 Å². The molecule has 5 rings (SSSR count). The normalized spacial score (nSPS) is 12.1. The van der Waals surface area contributed by atoms with Gasteiger partial charge < -0.3 is 10.1 Å². The van der Waals surface area contributed by atoms with Crippen LogP contribution in [0.3, 0.4) is 0 Å². The van der Waals surface area contributed by atoms with Gasteiger partial charge in [-0.05, 0) is 57.0 Å². The number of amides is 1. The van der Waals surface area contributed by atoms with E-state index < -0.39 is 5.97 Å². The van der Waals surface area contributed by atoms with Gasteiger partial charge in [0.05, 0.1) is 44.8 Å². The SMILES string of the molecule is CCOC(=O)c1ccc(-n2nc(-c3ccc(C)nc3)c3c2-c2sc(NC(C)=O)nc2CC3)c(Cl)c1. The van der Waals surface area contributed by atoms with Gasteiger partial charge in [-0.25, -0.2) is 14.5 Å². The van der Waals surface area contributed by atoms with Crippen molar-refractivity contribution in [2.24, 2.45) is 0 Å². The lowest BCUT2D eigenvalue weighted by Gasteiger charge is -2.15. The predicted octanol–water partition coefficient (Wildman–Crippen LogP) is 5.25. The molecule has 3 aromatic heterocycles. The predicted molar refractivity (Wildman–Crippen MR) is 135 cm³/mol. The fraction of sp³-hybridized carbons (Fsp3) is 0.240. The van der Waals surface area contributed by atoms with Crippen molar-refractivity contribution in [2.45, 2.75) is 33.6 Å². The number of fused-ring (bicyclic) bond motifs is 3. The number of thiazole rings is 1. The minimum absolute atomic E-state index is 0.172. The van der Waals surface area contributed by atoms with Gasteiger partial charge >= 0.3 is 5.97 Å². The number of carbonyl (C=O) groups is 2. The molecule has 0 radical (unpaired) electrons. The van der Waals surface area contributed by atoms with Crippen LogP contribution in [0.15, 0.2) is 36.5 Å². The average molecular weight is 508 g/mol. The Balaban J connectivity index is 1.70. The van der Waals surface area contributed by atoms with Crippen molar-refractivity contribution >= 4 is 39.9 Å². The smallest absolute Gasteiger partial charge is 0.338 e.